The highest BCUT2D eigenvalue weighted by Gasteiger charge is 2.19. The minimum absolute atomic E-state index is 0.0855. The van der Waals surface area contributed by atoms with E-state index >= 15 is 0 Å². The van der Waals surface area contributed by atoms with E-state index < -0.39 is 5.97 Å². The van der Waals surface area contributed by atoms with Crippen LogP contribution in [-0.2, 0) is 19.4 Å². The predicted molar refractivity (Wildman–Crippen MR) is 86.5 cm³/mol. The molecule has 0 saturated carbocycles. The quantitative estimate of drug-likeness (QED) is 0.844. The third-order valence-corrected chi connectivity index (χ3v) is 4.36. The van der Waals surface area contributed by atoms with Crippen molar-refractivity contribution in [2.24, 2.45) is 0 Å². The van der Waals surface area contributed by atoms with Gasteiger partial charge in [0.15, 0.2) is 5.69 Å². The molecule has 1 aromatic heterocycles. The van der Waals surface area contributed by atoms with Crippen molar-refractivity contribution in [2.75, 3.05) is 19.6 Å². The van der Waals surface area contributed by atoms with Crippen LogP contribution in [0.1, 0.15) is 34.6 Å². The van der Waals surface area contributed by atoms with Crippen LogP contribution in [0.4, 0.5) is 0 Å². The molecule has 0 unspecified atom stereocenters. The van der Waals surface area contributed by atoms with E-state index in [4.69, 9.17) is 0 Å². The van der Waals surface area contributed by atoms with Crippen LogP contribution in [0.5, 0.6) is 0 Å². The van der Waals surface area contributed by atoms with Gasteiger partial charge in [-0.25, -0.2) is 9.48 Å². The Bertz CT molecular complexity index is 648. The first-order chi connectivity index (χ1) is 11.2. The summed E-state index contributed by atoms with van der Waals surface area (Å²) >= 11 is 0. The first-order valence-electron chi connectivity index (χ1n) is 8.16. The van der Waals surface area contributed by atoms with Gasteiger partial charge in [0.25, 0.3) is 0 Å². The van der Waals surface area contributed by atoms with Crippen LogP contribution in [0.2, 0.25) is 0 Å². The molecule has 1 aromatic carbocycles. The van der Waals surface area contributed by atoms with Crippen LogP contribution >= 0.6 is 0 Å². The number of hydrogen-bond acceptors (Lipinski definition) is 4. The summed E-state index contributed by atoms with van der Waals surface area (Å²) in [5.74, 6) is -1.000. The molecule has 2 aromatic rings. The lowest BCUT2D eigenvalue weighted by molar-refractivity contribution is 0.0689. The van der Waals surface area contributed by atoms with Crippen molar-refractivity contribution in [3.63, 3.8) is 0 Å². The fraction of sp³-hybridized carbons (Fsp3) is 0.471. The molecule has 1 N–H and O–H groups in total. The summed E-state index contributed by atoms with van der Waals surface area (Å²) < 4.78 is 1.77. The molecule has 6 heteroatoms. The maximum Gasteiger partial charge on any atom is 0.358 e. The normalized spacial score (nSPS) is 15.1. The summed E-state index contributed by atoms with van der Waals surface area (Å²) in [6.45, 7) is 3.85. The van der Waals surface area contributed by atoms with Crippen LogP contribution in [0.15, 0.2) is 30.3 Å². The van der Waals surface area contributed by atoms with E-state index in [1.54, 1.807) is 4.68 Å². The maximum absolute atomic E-state index is 11.4. The molecule has 1 aliphatic heterocycles. The highest BCUT2D eigenvalue weighted by molar-refractivity contribution is 5.86. The lowest BCUT2D eigenvalue weighted by atomic mass is 10.1. The summed E-state index contributed by atoms with van der Waals surface area (Å²) in [6.07, 6.45) is 3.92. The minimum Gasteiger partial charge on any atom is -0.476 e. The molecule has 3 rings (SSSR count). The second kappa shape index (κ2) is 7.37. The second-order valence-corrected chi connectivity index (χ2v) is 5.95. The summed E-state index contributed by atoms with van der Waals surface area (Å²) in [5, 5.41) is 17.3. The number of aryl methyl sites for hydroxylation is 1. The fourth-order valence-corrected chi connectivity index (χ4v) is 3.08. The zero-order valence-corrected chi connectivity index (χ0v) is 13.2. The third-order valence-electron chi connectivity index (χ3n) is 4.36. The number of nitrogens with zero attached hydrogens (tertiary/aromatic N) is 4. The third kappa shape index (κ3) is 3.96. The molecule has 0 atom stereocenters. The van der Waals surface area contributed by atoms with E-state index in [1.807, 2.05) is 18.2 Å². The van der Waals surface area contributed by atoms with Crippen LogP contribution in [0, 0.1) is 0 Å². The topological polar surface area (TPSA) is 71.2 Å². The molecule has 1 aliphatic rings. The van der Waals surface area contributed by atoms with E-state index in [-0.39, 0.29) is 5.69 Å². The number of aromatic carboxylic acids is 1. The van der Waals surface area contributed by atoms with Crippen LogP contribution < -0.4 is 0 Å². The molecular formula is C17H22N4O2. The number of carbonyl (C=O) groups is 1. The van der Waals surface area contributed by atoms with Crippen molar-refractivity contribution in [3.8, 4) is 0 Å². The van der Waals surface area contributed by atoms with Crippen molar-refractivity contribution >= 4 is 5.97 Å². The standard InChI is InChI=1S/C17H22N4O2/c22-17(23)16-15(9-8-14-6-2-1-3-7-14)21(19-18-16)13-12-20-10-4-5-11-20/h1-3,6-7H,4-5,8-13H2,(H,22,23). The number of carboxylic acid groups (broad SMARTS) is 1. The minimum atomic E-state index is -1.000. The number of hydrogen-bond donors (Lipinski definition) is 1. The van der Waals surface area contributed by atoms with E-state index in [1.165, 1.54) is 18.4 Å². The Balaban J connectivity index is 1.69. The summed E-state index contributed by atoms with van der Waals surface area (Å²) in [4.78, 5) is 13.8. The number of likely N-dealkylation sites (tertiary alicyclic amines) is 1. The highest BCUT2D eigenvalue weighted by Crippen LogP contribution is 2.12. The smallest absolute Gasteiger partial charge is 0.358 e. The maximum atomic E-state index is 11.4. The van der Waals surface area contributed by atoms with E-state index in [2.05, 4.69) is 27.3 Å². The van der Waals surface area contributed by atoms with Gasteiger partial charge in [0.2, 0.25) is 0 Å². The van der Waals surface area contributed by atoms with Crippen molar-refractivity contribution < 1.29 is 9.90 Å². The van der Waals surface area contributed by atoms with Gasteiger partial charge in [-0.2, -0.15) is 0 Å². The molecule has 23 heavy (non-hydrogen) atoms. The van der Waals surface area contributed by atoms with Gasteiger partial charge in [0.1, 0.15) is 0 Å². The average Bonchev–Trinajstić information content (AvgIpc) is 3.21. The Hall–Kier alpha value is -2.21. The van der Waals surface area contributed by atoms with E-state index in [9.17, 15) is 9.90 Å². The molecule has 6 nitrogen and oxygen atoms in total. The Morgan fingerprint density at radius 3 is 2.52 bits per heavy atom. The molecule has 122 valence electrons. The summed E-state index contributed by atoms with van der Waals surface area (Å²) in [7, 11) is 0. The Labute approximate surface area is 135 Å². The lowest BCUT2D eigenvalue weighted by Gasteiger charge is -2.15. The molecule has 0 aliphatic carbocycles. The number of aromatic nitrogens is 3. The molecule has 1 fully saturated rings. The Morgan fingerprint density at radius 2 is 1.83 bits per heavy atom. The molecule has 0 spiro atoms. The SMILES string of the molecule is O=C(O)c1nnn(CCN2CCCC2)c1CCc1ccccc1. The Kier molecular flexibility index (Phi) is 5.02. The van der Waals surface area contributed by atoms with Crippen molar-refractivity contribution in [1.29, 1.82) is 0 Å². The van der Waals surface area contributed by atoms with Gasteiger partial charge in [-0.3, -0.25) is 0 Å². The fourth-order valence-electron chi connectivity index (χ4n) is 3.08. The second-order valence-electron chi connectivity index (χ2n) is 5.95. The van der Waals surface area contributed by atoms with Gasteiger partial charge >= 0.3 is 5.97 Å². The largest absolute Gasteiger partial charge is 0.476 e. The summed E-state index contributed by atoms with van der Waals surface area (Å²) in [6, 6.07) is 10.1. The monoisotopic (exact) mass is 314 g/mol. The number of benzene rings is 1. The molecule has 2 heterocycles. The van der Waals surface area contributed by atoms with Crippen LogP contribution in [-0.4, -0.2) is 50.6 Å². The number of rotatable bonds is 7. The highest BCUT2D eigenvalue weighted by atomic mass is 16.4. The van der Waals surface area contributed by atoms with Gasteiger partial charge in [-0.1, -0.05) is 35.5 Å². The molecule has 0 radical (unpaired) electrons. The summed E-state index contributed by atoms with van der Waals surface area (Å²) in [5.41, 5.74) is 2.00. The van der Waals surface area contributed by atoms with Crippen molar-refractivity contribution in [2.45, 2.75) is 32.2 Å². The lowest BCUT2D eigenvalue weighted by Crippen LogP contribution is -2.25. The zero-order valence-electron chi connectivity index (χ0n) is 13.2. The Morgan fingerprint density at radius 1 is 1.09 bits per heavy atom. The number of carboxylic acids is 1. The van der Waals surface area contributed by atoms with Crippen LogP contribution in [0.3, 0.4) is 0 Å². The molecular weight excluding hydrogens is 292 g/mol. The molecule has 0 bridgehead atoms. The molecule has 0 amide bonds. The first kappa shape index (κ1) is 15.7. The van der Waals surface area contributed by atoms with Crippen molar-refractivity contribution in [3.05, 3.63) is 47.3 Å². The van der Waals surface area contributed by atoms with E-state index in [0.29, 0.717) is 13.0 Å². The van der Waals surface area contributed by atoms with Gasteiger partial charge in [-0.15, -0.1) is 5.10 Å². The van der Waals surface area contributed by atoms with Gasteiger partial charge in [-0.05, 0) is 44.3 Å². The van der Waals surface area contributed by atoms with E-state index in [0.717, 1.165) is 31.7 Å². The van der Waals surface area contributed by atoms with Gasteiger partial charge in [0, 0.05) is 6.54 Å². The van der Waals surface area contributed by atoms with Crippen molar-refractivity contribution in [1.82, 2.24) is 19.9 Å². The predicted octanol–water partition coefficient (Wildman–Crippen LogP) is 1.86. The van der Waals surface area contributed by atoms with Crippen LogP contribution in [0.25, 0.3) is 0 Å². The zero-order chi connectivity index (χ0) is 16.1. The van der Waals surface area contributed by atoms with Gasteiger partial charge < -0.3 is 10.0 Å². The first-order valence-corrected chi connectivity index (χ1v) is 8.16. The molecule has 1 saturated heterocycles. The average molecular weight is 314 g/mol. The van der Waals surface area contributed by atoms with Gasteiger partial charge in [0.05, 0.1) is 12.2 Å².